The lowest BCUT2D eigenvalue weighted by Gasteiger charge is -2.09. The van der Waals surface area contributed by atoms with Crippen LogP contribution in [0.3, 0.4) is 0 Å². The minimum absolute atomic E-state index is 0.116. The highest BCUT2D eigenvalue weighted by Gasteiger charge is 2.06. The number of nitrogens with one attached hydrogen (secondary N) is 2. The Labute approximate surface area is 154 Å². The van der Waals surface area contributed by atoms with E-state index in [0.29, 0.717) is 12.1 Å². The average Bonchev–Trinajstić information content (AvgIpc) is 2.71. The van der Waals surface area contributed by atoms with E-state index in [4.69, 9.17) is 0 Å². The van der Waals surface area contributed by atoms with Crippen molar-refractivity contribution in [2.24, 2.45) is 0 Å². The SMILES string of the molecule is O=C(NCc1ccccc1)c1cncc(NCCCc2ccccc2)c1. The van der Waals surface area contributed by atoms with Gasteiger partial charge in [0.25, 0.3) is 5.91 Å². The minimum Gasteiger partial charge on any atom is -0.384 e. The van der Waals surface area contributed by atoms with Gasteiger partial charge in [-0.25, -0.2) is 0 Å². The van der Waals surface area contributed by atoms with E-state index in [2.05, 4.69) is 39.9 Å². The zero-order valence-electron chi connectivity index (χ0n) is 14.7. The third-order valence-electron chi connectivity index (χ3n) is 4.11. The molecular formula is C22H23N3O. The Bertz CT molecular complexity index is 819. The van der Waals surface area contributed by atoms with E-state index >= 15 is 0 Å². The Morgan fingerprint density at radius 2 is 1.58 bits per heavy atom. The van der Waals surface area contributed by atoms with Gasteiger partial charge in [-0.1, -0.05) is 60.7 Å². The predicted octanol–water partition coefficient (Wildman–Crippen LogP) is 4.06. The van der Waals surface area contributed by atoms with Crippen molar-refractivity contribution in [3.63, 3.8) is 0 Å². The van der Waals surface area contributed by atoms with Crippen LogP contribution in [-0.4, -0.2) is 17.4 Å². The Morgan fingerprint density at radius 1 is 0.885 bits per heavy atom. The molecule has 0 bridgehead atoms. The normalized spacial score (nSPS) is 10.3. The lowest BCUT2D eigenvalue weighted by atomic mass is 10.1. The molecule has 3 aromatic rings. The van der Waals surface area contributed by atoms with E-state index in [9.17, 15) is 4.79 Å². The second-order valence-corrected chi connectivity index (χ2v) is 6.15. The van der Waals surface area contributed by atoms with E-state index in [1.165, 1.54) is 5.56 Å². The number of benzene rings is 2. The van der Waals surface area contributed by atoms with Crippen LogP contribution in [0.15, 0.2) is 79.1 Å². The van der Waals surface area contributed by atoms with E-state index < -0.39 is 0 Å². The number of aryl methyl sites for hydroxylation is 1. The summed E-state index contributed by atoms with van der Waals surface area (Å²) in [6.45, 7) is 1.35. The zero-order chi connectivity index (χ0) is 18.0. The molecule has 1 heterocycles. The number of hydrogen-bond donors (Lipinski definition) is 2. The third-order valence-corrected chi connectivity index (χ3v) is 4.11. The van der Waals surface area contributed by atoms with Gasteiger partial charge in [-0.2, -0.15) is 0 Å². The molecule has 0 aliphatic heterocycles. The topological polar surface area (TPSA) is 54.0 Å². The predicted molar refractivity (Wildman–Crippen MR) is 105 cm³/mol. The molecule has 0 unspecified atom stereocenters. The van der Waals surface area contributed by atoms with Crippen molar-refractivity contribution in [1.82, 2.24) is 10.3 Å². The molecule has 0 fully saturated rings. The quantitative estimate of drug-likeness (QED) is 0.606. The standard InChI is InChI=1S/C22H23N3O/c26-22(25-15-19-10-5-2-6-11-19)20-14-21(17-23-16-20)24-13-7-12-18-8-3-1-4-9-18/h1-6,8-11,14,16-17,24H,7,12-13,15H2,(H,25,26). The van der Waals surface area contributed by atoms with Gasteiger partial charge in [0.05, 0.1) is 11.3 Å². The van der Waals surface area contributed by atoms with Crippen LogP contribution in [0, 0.1) is 0 Å². The summed E-state index contributed by atoms with van der Waals surface area (Å²) in [6.07, 6.45) is 5.39. The van der Waals surface area contributed by atoms with Gasteiger partial charge in [0.15, 0.2) is 0 Å². The van der Waals surface area contributed by atoms with E-state index in [-0.39, 0.29) is 5.91 Å². The smallest absolute Gasteiger partial charge is 0.253 e. The molecule has 0 radical (unpaired) electrons. The number of carbonyl (C=O) groups is 1. The maximum atomic E-state index is 12.3. The van der Waals surface area contributed by atoms with E-state index in [1.54, 1.807) is 12.4 Å². The maximum absolute atomic E-state index is 12.3. The molecule has 4 heteroatoms. The number of aromatic nitrogens is 1. The van der Waals surface area contributed by atoms with Gasteiger partial charge in [0, 0.05) is 25.5 Å². The van der Waals surface area contributed by atoms with Gasteiger partial charge in [0.1, 0.15) is 0 Å². The van der Waals surface area contributed by atoms with Crippen LogP contribution < -0.4 is 10.6 Å². The average molecular weight is 345 g/mol. The zero-order valence-corrected chi connectivity index (χ0v) is 14.7. The number of nitrogens with zero attached hydrogens (tertiary/aromatic N) is 1. The van der Waals surface area contributed by atoms with Crippen molar-refractivity contribution in [2.45, 2.75) is 19.4 Å². The number of pyridine rings is 1. The molecule has 3 rings (SSSR count). The highest BCUT2D eigenvalue weighted by Crippen LogP contribution is 2.10. The number of anilines is 1. The fourth-order valence-electron chi connectivity index (χ4n) is 2.71. The summed E-state index contributed by atoms with van der Waals surface area (Å²) < 4.78 is 0. The second kappa shape index (κ2) is 9.37. The summed E-state index contributed by atoms with van der Waals surface area (Å²) in [5.74, 6) is -0.116. The first-order valence-electron chi connectivity index (χ1n) is 8.86. The first kappa shape index (κ1) is 17.7. The lowest BCUT2D eigenvalue weighted by molar-refractivity contribution is 0.0950. The molecule has 26 heavy (non-hydrogen) atoms. The fourth-order valence-corrected chi connectivity index (χ4v) is 2.71. The highest BCUT2D eigenvalue weighted by molar-refractivity contribution is 5.94. The molecule has 2 N–H and O–H groups in total. The minimum atomic E-state index is -0.116. The maximum Gasteiger partial charge on any atom is 0.253 e. The van der Waals surface area contributed by atoms with Crippen LogP contribution >= 0.6 is 0 Å². The molecule has 0 aliphatic carbocycles. The van der Waals surface area contributed by atoms with Gasteiger partial charge in [-0.3, -0.25) is 9.78 Å². The Hall–Kier alpha value is -3.14. The molecule has 4 nitrogen and oxygen atoms in total. The third kappa shape index (κ3) is 5.45. The van der Waals surface area contributed by atoms with Crippen LogP contribution in [-0.2, 0) is 13.0 Å². The van der Waals surface area contributed by atoms with Crippen LogP contribution in [0.25, 0.3) is 0 Å². The molecule has 0 atom stereocenters. The largest absolute Gasteiger partial charge is 0.384 e. The van der Waals surface area contributed by atoms with Gasteiger partial charge >= 0.3 is 0 Å². The van der Waals surface area contributed by atoms with Crippen molar-refractivity contribution in [3.05, 3.63) is 95.8 Å². The summed E-state index contributed by atoms with van der Waals surface area (Å²) in [5.41, 5.74) is 3.84. The summed E-state index contributed by atoms with van der Waals surface area (Å²) >= 11 is 0. The van der Waals surface area contributed by atoms with Crippen molar-refractivity contribution in [2.75, 3.05) is 11.9 Å². The number of amides is 1. The molecule has 1 aromatic heterocycles. The number of carbonyl (C=O) groups excluding carboxylic acids is 1. The van der Waals surface area contributed by atoms with Crippen molar-refractivity contribution in [3.8, 4) is 0 Å². The van der Waals surface area contributed by atoms with Crippen molar-refractivity contribution in [1.29, 1.82) is 0 Å². The Morgan fingerprint density at radius 3 is 2.31 bits per heavy atom. The van der Waals surface area contributed by atoms with Gasteiger partial charge in [-0.05, 0) is 30.0 Å². The summed E-state index contributed by atoms with van der Waals surface area (Å²) in [5, 5.41) is 6.27. The first-order chi connectivity index (χ1) is 12.8. The molecule has 1 amide bonds. The molecule has 2 aromatic carbocycles. The summed E-state index contributed by atoms with van der Waals surface area (Å²) in [4.78, 5) is 16.5. The van der Waals surface area contributed by atoms with Crippen LogP contribution in [0.5, 0.6) is 0 Å². The van der Waals surface area contributed by atoms with E-state index in [0.717, 1.165) is 30.6 Å². The van der Waals surface area contributed by atoms with Crippen molar-refractivity contribution < 1.29 is 4.79 Å². The molecule has 0 spiro atoms. The van der Waals surface area contributed by atoms with Crippen LogP contribution in [0.2, 0.25) is 0 Å². The van der Waals surface area contributed by atoms with Gasteiger partial charge in [-0.15, -0.1) is 0 Å². The number of hydrogen-bond acceptors (Lipinski definition) is 3. The van der Waals surface area contributed by atoms with E-state index in [1.807, 2.05) is 42.5 Å². The lowest BCUT2D eigenvalue weighted by Crippen LogP contribution is -2.23. The number of rotatable bonds is 8. The molecule has 0 saturated heterocycles. The van der Waals surface area contributed by atoms with Crippen LogP contribution in [0.1, 0.15) is 27.9 Å². The van der Waals surface area contributed by atoms with Gasteiger partial charge < -0.3 is 10.6 Å². The first-order valence-corrected chi connectivity index (χ1v) is 8.86. The Balaban J connectivity index is 1.47. The fraction of sp³-hybridized carbons (Fsp3) is 0.182. The monoisotopic (exact) mass is 345 g/mol. The van der Waals surface area contributed by atoms with Gasteiger partial charge in [0.2, 0.25) is 0 Å². The van der Waals surface area contributed by atoms with Crippen LogP contribution in [0.4, 0.5) is 5.69 Å². The second-order valence-electron chi connectivity index (χ2n) is 6.15. The molecule has 0 aliphatic rings. The van der Waals surface area contributed by atoms with Crippen molar-refractivity contribution >= 4 is 11.6 Å². The molecule has 0 saturated carbocycles. The highest BCUT2D eigenvalue weighted by atomic mass is 16.1. The molecular weight excluding hydrogens is 322 g/mol. The molecule has 132 valence electrons. The summed E-state index contributed by atoms with van der Waals surface area (Å²) in [6, 6.07) is 22.1. The summed E-state index contributed by atoms with van der Waals surface area (Å²) in [7, 11) is 0. The Kier molecular flexibility index (Phi) is 6.37.